The lowest BCUT2D eigenvalue weighted by atomic mass is 10.1. The van der Waals surface area contributed by atoms with Gasteiger partial charge in [0.25, 0.3) is 0 Å². The monoisotopic (exact) mass is 273 g/mol. The lowest BCUT2D eigenvalue weighted by Crippen LogP contribution is -2.07. The summed E-state index contributed by atoms with van der Waals surface area (Å²) in [5.41, 5.74) is 1.82. The van der Waals surface area contributed by atoms with Crippen molar-refractivity contribution in [2.45, 2.75) is 26.5 Å². The van der Waals surface area contributed by atoms with Crippen LogP contribution in [0.25, 0.3) is 0 Å². The molecule has 2 rings (SSSR count). The Morgan fingerprint density at radius 1 is 1.25 bits per heavy atom. The Morgan fingerprint density at radius 3 is 2.55 bits per heavy atom. The largest absolute Gasteiger partial charge is 0.494 e. The zero-order valence-corrected chi connectivity index (χ0v) is 11.7. The van der Waals surface area contributed by atoms with Crippen LogP contribution in [0.3, 0.4) is 0 Å². The van der Waals surface area contributed by atoms with Gasteiger partial charge >= 0.3 is 0 Å². The molecule has 2 aromatic rings. The maximum absolute atomic E-state index is 11.1. The van der Waals surface area contributed by atoms with E-state index in [9.17, 15) is 9.90 Å². The van der Waals surface area contributed by atoms with Crippen molar-refractivity contribution < 1.29 is 9.84 Å². The van der Waals surface area contributed by atoms with Crippen LogP contribution < -0.4 is 10.2 Å². The van der Waals surface area contributed by atoms with E-state index in [0.29, 0.717) is 13.2 Å². The number of hydrogen-bond acceptors (Lipinski definition) is 3. The van der Waals surface area contributed by atoms with E-state index in [1.807, 2.05) is 29.7 Å². The first kappa shape index (κ1) is 14.3. The summed E-state index contributed by atoms with van der Waals surface area (Å²) >= 11 is 0. The molecule has 106 valence electrons. The third-order valence-electron chi connectivity index (χ3n) is 3.08. The molecule has 0 saturated heterocycles. The van der Waals surface area contributed by atoms with Gasteiger partial charge in [-0.25, -0.2) is 0 Å². The van der Waals surface area contributed by atoms with Crippen LogP contribution >= 0.6 is 0 Å². The van der Waals surface area contributed by atoms with E-state index in [2.05, 4.69) is 0 Å². The van der Waals surface area contributed by atoms with Gasteiger partial charge in [-0.2, -0.15) is 0 Å². The van der Waals surface area contributed by atoms with Gasteiger partial charge in [0.2, 0.25) is 0 Å². The summed E-state index contributed by atoms with van der Waals surface area (Å²) in [6, 6.07) is 8.74. The molecule has 1 aromatic heterocycles. The maximum atomic E-state index is 11.1. The maximum Gasteiger partial charge on any atom is 0.181 e. The lowest BCUT2D eigenvalue weighted by molar-refractivity contribution is 0.199. The molecule has 0 spiro atoms. The van der Waals surface area contributed by atoms with Gasteiger partial charge in [-0.15, -0.1) is 0 Å². The minimum absolute atomic E-state index is 0.0102. The first-order valence-corrected chi connectivity index (χ1v) is 6.70. The summed E-state index contributed by atoms with van der Waals surface area (Å²) in [5, 5.41) is 9.68. The molecular formula is C16H19NO3. The van der Waals surface area contributed by atoms with E-state index in [-0.39, 0.29) is 5.43 Å². The SMILES string of the molecule is CCOc1ccc(C(C)O)cc1Cn1ccc(=O)cc1. The Bertz CT molecular complexity index is 611. The van der Waals surface area contributed by atoms with Gasteiger partial charge in [0.1, 0.15) is 5.75 Å². The molecule has 1 aromatic carbocycles. The van der Waals surface area contributed by atoms with Crippen LogP contribution in [0.4, 0.5) is 0 Å². The fourth-order valence-electron chi connectivity index (χ4n) is 2.02. The molecule has 4 nitrogen and oxygen atoms in total. The number of ether oxygens (including phenoxy) is 1. The summed E-state index contributed by atoms with van der Waals surface area (Å²) in [6.45, 7) is 4.85. The molecule has 0 radical (unpaired) electrons. The van der Waals surface area contributed by atoms with Gasteiger partial charge in [-0.3, -0.25) is 4.79 Å². The molecule has 1 atom stereocenters. The van der Waals surface area contributed by atoms with Crippen LogP contribution in [0.15, 0.2) is 47.5 Å². The second kappa shape index (κ2) is 6.39. The fraction of sp³-hybridized carbons (Fsp3) is 0.312. The summed E-state index contributed by atoms with van der Waals surface area (Å²) < 4.78 is 7.52. The predicted octanol–water partition coefficient (Wildman–Crippen LogP) is 2.35. The molecule has 0 bridgehead atoms. The highest BCUT2D eigenvalue weighted by atomic mass is 16.5. The van der Waals surface area contributed by atoms with Crippen LogP contribution in [-0.2, 0) is 6.54 Å². The number of aliphatic hydroxyl groups is 1. The summed E-state index contributed by atoms with van der Waals surface area (Å²) in [4.78, 5) is 11.1. The van der Waals surface area contributed by atoms with Gasteiger partial charge in [-0.1, -0.05) is 6.07 Å². The number of pyridine rings is 1. The van der Waals surface area contributed by atoms with Gasteiger partial charge in [0.15, 0.2) is 5.43 Å². The minimum atomic E-state index is -0.515. The zero-order valence-electron chi connectivity index (χ0n) is 11.7. The number of aromatic nitrogens is 1. The Hall–Kier alpha value is -2.07. The average molecular weight is 273 g/mol. The molecule has 0 aliphatic carbocycles. The van der Waals surface area contributed by atoms with Crippen molar-refractivity contribution in [3.63, 3.8) is 0 Å². The van der Waals surface area contributed by atoms with Gasteiger partial charge in [0, 0.05) is 30.1 Å². The predicted molar refractivity (Wildman–Crippen MR) is 78.0 cm³/mol. The van der Waals surface area contributed by atoms with Crippen LogP contribution in [-0.4, -0.2) is 16.3 Å². The van der Waals surface area contributed by atoms with E-state index in [4.69, 9.17) is 4.74 Å². The van der Waals surface area contributed by atoms with Crippen LogP contribution in [0.5, 0.6) is 5.75 Å². The van der Waals surface area contributed by atoms with E-state index < -0.39 is 6.10 Å². The van der Waals surface area contributed by atoms with Crippen molar-refractivity contribution in [3.05, 3.63) is 64.1 Å². The van der Waals surface area contributed by atoms with E-state index in [1.54, 1.807) is 19.3 Å². The first-order chi connectivity index (χ1) is 9.60. The van der Waals surface area contributed by atoms with Crippen molar-refractivity contribution in [2.75, 3.05) is 6.61 Å². The molecule has 0 aliphatic rings. The molecule has 1 N–H and O–H groups in total. The second-order valence-corrected chi connectivity index (χ2v) is 4.68. The molecule has 0 amide bonds. The summed E-state index contributed by atoms with van der Waals surface area (Å²) in [6.07, 6.45) is 2.97. The number of nitrogens with zero attached hydrogens (tertiary/aromatic N) is 1. The number of aliphatic hydroxyl groups excluding tert-OH is 1. The number of hydrogen-bond donors (Lipinski definition) is 1. The van der Waals surface area contributed by atoms with Crippen molar-refractivity contribution in [1.82, 2.24) is 4.57 Å². The molecule has 0 fully saturated rings. The first-order valence-electron chi connectivity index (χ1n) is 6.70. The Balaban J connectivity index is 2.33. The van der Waals surface area contributed by atoms with Crippen LogP contribution in [0.2, 0.25) is 0 Å². The van der Waals surface area contributed by atoms with Crippen LogP contribution in [0, 0.1) is 0 Å². The van der Waals surface area contributed by atoms with Crippen molar-refractivity contribution in [1.29, 1.82) is 0 Å². The zero-order chi connectivity index (χ0) is 14.5. The van der Waals surface area contributed by atoms with E-state index in [1.165, 1.54) is 12.1 Å². The Labute approximate surface area is 118 Å². The second-order valence-electron chi connectivity index (χ2n) is 4.68. The molecular weight excluding hydrogens is 254 g/mol. The topological polar surface area (TPSA) is 51.5 Å². The van der Waals surface area contributed by atoms with E-state index >= 15 is 0 Å². The summed E-state index contributed by atoms with van der Waals surface area (Å²) in [7, 11) is 0. The van der Waals surface area contributed by atoms with Gasteiger partial charge in [0.05, 0.1) is 19.3 Å². The third kappa shape index (κ3) is 3.48. The smallest absolute Gasteiger partial charge is 0.181 e. The van der Waals surface area contributed by atoms with Crippen molar-refractivity contribution >= 4 is 0 Å². The highest BCUT2D eigenvalue weighted by Crippen LogP contribution is 2.24. The Morgan fingerprint density at radius 2 is 1.95 bits per heavy atom. The third-order valence-corrected chi connectivity index (χ3v) is 3.08. The standard InChI is InChI=1S/C16H19NO3/c1-3-20-16-5-4-13(12(2)18)10-14(16)11-17-8-6-15(19)7-9-17/h4-10,12,18H,3,11H2,1-2H3. The highest BCUT2D eigenvalue weighted by Gasteiger charge is 2.08. The number of rotatable bonds is 5. The van der Waals surface area contributed by atoms with Crippen molar-refractivity contribution in [3.8, 4) is 5.75 Å². The number of benzene rings is 1. The summed E-state index contributed by atoms with van der Waals surface area (Å²) in [5.74, 6) is 0.801. The normalized spacial score (nSPS) is 12.2. The Kier molecular flexibility index (Phi) is 4.58. The molecule has 1 unspecified atom stereocenters. The lowest BCUT2D eigenvalue weighted by Gasteiger charge is -2.15. The van der Waals surface area contributed by atoms with Crippen LogP contribution in [0.1, 0.15) is 31.1 Å². The molecule has 0 aliphatic heterocycles. The molecule has 4 heteroatoms. The fourth-order valence-corrected chi connectivity index (χ4v) is 2.02. The molecule has 20 heavy (non-hydrogen) atoms. The quantitative estimate of drug-likeness (QED) is 0.909. The van der Waals surface area contributed by atoms with E-state index in [0.717, 1.165) is 16.9 Å². The highest BCUT2D eigenvalue weighted by molar-refractivity contribution is 5.38. The van der Waals surface area contributed by atoms with Gasteiger partial charge < -0.3 is 14.4 Å². The molecule has 1 heterocycles. The average Bonchev–Trinajstić information content (AvgIpc) is 2.43. The molecule has 0 saturated carbocycles. The van der Waals surface area contributed by atoms with Crippen molar-refractivity contribution in [2.24, 2.45) is 0 Å². The van der Waals surface area contributed by atoms with Gasteiger partial charge in [-0.05, 0) is 31.5 Å². The minimum Gasteiger partial charge on any atom is -0.494 e.